The van der Waals surface area contributed by atoms with Gasteiger partial charge in [0.2, 0.25) is 0 Å². The molecule has 0 spiro atoms. The van der Waals surface area contributed by atoms with Crippen LogP contribution in [0, 0.1) is 6.57 Å². The van der Waals surface area contributed by atoms with E-state index >= 15 is 0 Å². The third-order valence-electron chi connectivity index (χ3n) is 4.93. The van der Waals surface area contributed by atoms with E-state index in [-0.39, 0.29) is 17.3 Å². The molecule has 9 nitrogen and oxygen atoms in total. The van der Waals surface area contributed by atoms with E-state index in [0.717, 1.165) is 5.52 Å². The summed E-state index contributed by atoms with van der Waals surface area (Å²) in [7, 11) is 0. The molecular weight excluding hydrogens is 384 g/mol. The highest BCUT2D eigenvalue weighted by Crippen LogP contribution is 2.22. The van der Waals surface area contributed by atoms with E-state index in [1.807, 2.05) is 4.90 Å². The minimum atomic E-state index is -1.09. The Hall–Kier alpha value is -4.19. The molecule has 0 atom stereocenters. The van der Waals surface area contributed by atoms with Crippen LogP contribution in [-0.4, -0.2) is 58.2 Å². The van der Waals surface area contributed by atoms with Gasteiger partial charge in [0.1, 0.15) is 5.82 Å². The fraction of sp³-hybridized carbons (Fsp3) is 0.190. The van der Waals surface area contributed by atoms with Crippen molar-refractivity contribution in [2.75, 3.05) is 36.4 Å². The van der Waals surface area contributed by atoms with Crippen molar-refractivity contribution >= 4 is 40.2 Å². The van der Waals surface area contributed by atoms with Gasteiger partial charge in [0.05, 0.1) is 35.1 Å². The molecule has 150 valence electrons. The molecule has 2 aromatic carbocycles. The van der Waals surface area contributed by atoms with E-state index in [0.29, 0.717) is 43.2 Å². The van der Waals surface area contributed by atoms with Crippen molar-refractivity contribution < 1.29 is 14.7 Å². The SMILES string of the molecule is [C-]#[N+]c1ccc2ncc(N3CCN(C(=O)Nc4ccccc4C(=O)O)CC3)nc2c1. The zero-order valence-electron chi connectivity index (χ0n) is 15.9. The molecule has 3 aromatic rings. The first-order chi connectivity index (χ1) is 14.5. The monoisotopic (exact) mass is 402 g/mol. The standard InChI is InChI=1S/C21H18N6O3/c1-22-14-6-7-17-18(12-14)24-19(13-23-17)26-8-10-27(11-9-26)21(30)25-16-5-3-2-4-15(16)20(28)29/h2-7,12-13H,8-11H2,(H,25,30)(H,28,29). The summed E-state index contributed by atoms with van der Waals surface area (Å²) in [6, 6.07) is 11.2. The number of anilines is 2. The number of para-hydroxylation sites is 1. The molecule has 0 bridgehead atoms. The van der Waals surface area contributed by atoms with Crippen molar-refractivity contribution in [2.24, 2.45) is 0 Å². The van der Waals surface area contributed by atoms with Crippen molar-refractivity contribution in [2.45, 2.75) is 0 Å². The first-order valence-electron chi connectivity index (χ1n) is 9.32. The number of urea groups is 1. The zero-order chi connectivity index (χ0) is 21.1. The summed E-state index contributed by atoms with van der Waals surface area (Å²) in [5.74, 6) is -0.395. The maximum absolute atomic E-state index is 12.6. The van der Waals surface area contributed by atoms with Gasteiger partial charge in [0, 0.05) is 26.2 Å². The van der Waals surface area contributed by atoms with Crippen LogP contribution in [0.5, 0.6) is 0 Å². The average Bonchev–Trinajstić information content (AvgIpc) is 2.78. The Balaban J connectivity index is 1.43. The van der Waals surface area contributed by atoms with E-state index < -0.39 is 5.97 Å². The average molecular weight is 402 g/mol. The van der Waals surface area contributed by atoms with Crippen LogP contribution in [0.4, 0.5) is 22.0 Å². The number of nitrogens with one attached hydrogen (secondary N) is 1. The predicted molar refractivity (Wildman–Crippen MR) is 112 cm³/mol. The smallest absolute Gasteiger partial charge is 0.337 e. The number of rotatable bonds is 3. The number of hydrogen-bond donors (Lipinski definition) is 2. The number of amides is 2. The van der Waals surface area contributed by atoms with Crippen molar-refractivity contribution in [3.8, 4) is 0 Å². The lowest BCUT2D eigenvalue weighted by Gasteiger charge is -2.35. The van der Waals surface area contributed by atoms with Crippen LogP contribution >= 0.6 is 0 Å². The highest BCUT2D eigenvalue weighted by Gasteiger charge is 2.23. The number of nitrogens with zero attached hydrogens (tertiary/aromatic N) is 5. The summed E-state index contributed by atoms with van der Waals surface area (Å²) >= 11 is 0. The van der Waals surface area contributed by atoms with Gasteiger partial charge in [-0.15, -0.1) is 0 Å². The number of carboxylic acids is 1. The number of benzene rings is 2. The van der Waals surface area contributed by atoms with Gasteiger partial charge in [-0.05, 0) is 24.3 Å². The Kier molecular flexibility index (Phi) is 5.13. The number of fused-ring (bicyclic) bond motifs is 1. The van der Waals surface area contributed by atoms with E-state index in [1.165, 1.54) is 6.07 Å². The van der Waals surface area contributed by atoms with Gasteiger partial charge in [-0.1, -0.05) is 18.2 Å². The minimum Gasteiger partial charge on any atom is -0.478 e. The van der Waals surface area contributed by atoms with Gasteiger partial charge >= 0.3 is 12.0 Å². The van der Waals surface area contributed by atoms with Gasteiger partial charge in [0.15, 0.2) is 5.69 Å². The molecule has 4 rings (SSSR count). The molecular formula is C21H18N6O3. The summed E-state index contributed by atoms with van der Waals surface area (Å²) in [4.78, 5) is 40.0. The lowest BCUT2D eigenvalue weighted by Crippen LogP contribution is -2.50. The van der Waals surface area contributed by atoms with Crippen LogP contribution in [0.1, 0.15) is 10.4 Å². The Bertz CT molecular complexity index is 1160. The van der Waals surface area contributed by atoms with Gasteiger partial charge in [0.25, 0.3) is 0 Å². The molecule has 2 heterocycles. The second-order valence-corrected chi connectivity index (χ2v) is 6.77. The van der Waals surface area contributed by atoms with Crippen LogP contribution < -0.4 is 10.2 Å². The molecule has 1 fully saturated rings. The topological polar surface area (TPSA) is 103 Å². The normalized spacial score (nSPS) is 13.7. The highest BCUT2D eigenvalue weighted by atomic mass is 16.4. The lowest BCUT2D eigenvalue weighted by atomic mass is 10.2. The van der Waals surface area contributed by atoms with Crippen LogP contribution in [0.2, 0.25) is 0 Å². The first-order valence-corrected chi connectivity index (χ1v) is 9.32. The molecule has 0 unspecified atom stereocenters. The van der Waals surface area contributed by atoms with Crippen LogP contribution in [0.3, 0.4) is 0 Å². The number of aromatic carboxylic acids is 1. The van der Waals surface area contributed by atoms with E-state index in [2.05, 4.69) is 20.1 Å². The van der Waals surface area contributed by atoms with E-state index in [9.17, 15) is 14.7 Å². The van der Waals surface area contributed by atoms with Gasteiger partial charge in [-0.25, -0.2) is 19.4 Å². The molecule has 1 aromatic heterocycles. The summed E-state index contributed by atoms with van der Waals surface area (Å²) in [6.45, 7) is 9.19. The number of carbonyl (C=O) groups is 2. The fourth-order valence-electron chi connectivity index (χ4n) is 3.32. The summed E-state index contributed by atoms with van der Waals surface area (Å²) in [6.07, 6.45) is 1.69. The Morgan fingerprint density at radius 3 is 2.57 bits per heavy atom. The third-order valence-corrected chi connectivity index (χ3v) is 4.93. The predicted octanol–water partition coefficient (Wildman–Crippen LogP) is 3.23. The quantitative estimate of drug-likeness (QED) is 0.652. The number of hydrogen-bond acceptors (Lipinski definition) is 5. The molecule has 2 N–H and O–H groups in total. The lowest BCUT2D eigenvalue weighted by molar-refractivity contribution is 0.0698. The minimum absolute atomic E-state index is 0.0507. The molecule has 1 saturated heterocycles. The summed E-state index contributed by atoms with van der Waals surface area (Å²) in [5.41, 5.74) is 2.22. The van der Waals surface area contributed by atoms with Crippen molar-refractivity contribution in [3.63, 3.8) is 0 Å². The Morgan fingerprint density at radius 1 is 1.07 bits per heavy atom. The molecule has 0 aliphatic carbocycles. The maximum atomic E-state index is 12.6. The number of carbonyl (C=O) groups excluding carboxylic acids is 1. The maximum Gasteiger partial charge on any atom is 0.337 e. The second-order valence-electron chi connectivity index (χ2n) is 6.77. The van der Waals surface area contributed by atoms with Gasteiger partial charge in [-0.3, -0.25) is 4.98 Å². The van der Waals surface area contributed by atoms with E-state index in [4.69, 9.17) is 6.57 Å². The molecule has 0 radical (unpaired) electrons. The Labute approximate surface area is 172 Å². The summed E-state index contributed by atoms with van der Waals surface area (Å²) in [5, 5.41) is 11.9. The first kappa shape index (κ1) is 19.1. The van der Waals surface area contributed by atoms with E-state index in [1.54, 1.807) is 47.5 Å². The van der Waals surface area contributed by atoms with Crippen LogP contribution in [0.15, 0.2) is 48.7 Å². The van der Waals surface area contributed by atoms with Gasteiger partial charge in [-0.2, -0.15) is 0 Å². The van der Waals surface area contributed by atoms with Crippen molar-refractivity contribution in [1.29, 1.82) is 0 Å². The summed E-state index contributed by atoms with van der Waals surface area (Å²) < 4.78 is 0. The van der Waals surface area contributed by atoms with Crippen LogP contribution in [0.25, 0.3) is 15.9 Å². The fourth-order valence-corrected chi connectivity index (χ4v) is 3.32. The Morgan fingerprint density at radius 2 is 1.83 bits per heavy atom. The number of carboxylic acid groups (broad SMARTS) is 1. The molecule has 9 heteroatoms. The molecule has 0 saturated carbocycles. The number of piperazine rings is 1. The third kappa shape index (κ3) is 3.84. The molecule has 2 amide bonds. The van der Waals surface area contributed by atoms with Crippen molar-refractivity contribution in [3.05, 3.63) is 65.6 Å². The highest BCUT2D eigenvalue weighted by molar-refractivity contribution is 6.00. The zero-order valence-corrected chi connectivity index (χ0v) is 15.9. The number of aromatic nitrogens is 2. The molecule has 30 heavy (non-hydrogen) atoms. The largest absolute Gasteiger partial charge is 0.478 e. The molecule has 1 aliphatic heterocycles. The van der Waals surface area contributed by atoms with Crippen molar-refractivity contribution in [1.82, 2.24) is 14.9 Å². The second kappa shape index (κ2) is 8.05. The van der Waals surface area contributed by atoms with Crippen LogP contribution in [-0.2, 0) is 0 Å². The molecule has 1 aliphatic rings. The van der Waals surface area contributed by atoms with Gasteiger partial charge < -0.3 is 20.2 Å².